The molecule has 2 fully saturated rings. The van der Waals surface area contributed by atoms with Crippen LogP contribution < -0.4 is 10.9 Å². The molecule has 6 aromatic carbocycles. The second kappa shape index (κ2) is 10.7. The van der Waals surface area contributed by atoms with Crippen LogP contribution in [0.5, 0.6) is 0 Å². The molecule has 2 heterocycles. The Morgan fingerprint density at radius 2 is 0.900 bits per heavy atom. The lowest BCUT2D eigenvalue weighted by atomic mass is 9.75. The molecule has 2 aliphatic heterocycles. The molecular formula is C44H42B2O4. The molecule has 6 heteroatoms. The molecule has 0 N–H and O–H groups in total. The predicted octanol–water partition coefficient (Wildman–Crippen LogP) is 9.57. The van der Waals surface area contributed by atoms with Gasteiger partial charge in [-0.3, -0.25) is 0 Å². The van der Waals surface area contributed by atoms with Gasteiger partial charge in [-0.2, -0.15) is 0 Å². The first kappa shape index (κ1) is 31.8. The van der Waals surface area contributed by atoms with E-state index in [1.165, 1.54) is 60.7 Å². The van der Waals surface area contributed by atoms with Crippen molar-refractivity contribution in [2.45, 2.75) is 77.8 Å². The lowest BCUT2D eigenvalue weighted by Gasteiger charge is -2.32. The van der Waals surface area contributed by atoms with Gasteiger partial charge >= 0.3 is 14.2 Å². The maximum absolute atomic E-state index is 6.63. The van der Waals surface area contributed by atoms with Crippen molar-refractivity contribution in [3.63, 3.8) is 0 Å². The fourth-order valence-electron chi connectivity index (χ4n) is 8.00. The van der Waals surface area contributed by atoms with Crippen molar-refractivity contribution in [3.05, 3.63) is 109 Å². The Kier molecular flexibility index (Phi) is 6.77. The van der Waals surface area contributed by atoms with E-state index < -0.39 is 36.6 Å². The molecule has 0 atom stereocenters. The van der Waals surface area contributed by atoms with Gasteiger partial charge in [-0.25, -0.2) is 0 Å². The maximum atomic E-state index is 6.63. The average Bonchev–Trinajstić information content (AvgIpc) is 3.62. The highest BCUT2D eigenvalue weighted by Gasteiger charge is 2.53. The van der Waals surface area contributed by atoms with Crippen LogP contribution in [0.25, 0.3) is 66.1 Å². The van der Waals surface area contributed by atoms with E-state index in [4.69, 9.17) is 18.6 Å². The molecule has 0 spiro atoms. The molecular weight excluding hydrogens is 614 g/mol. The van der Waals surface area contributed by atoms with Crippen molar-refractivity contribution in [2.24, 2.45) is 0 Å². The summed E-state index contributed by atoms with van der Waals surface area (Å²) in [6, 6.07) is 39.7. The Balaban J connectivity index is 1.37. The zero-order valence-electron chi connectivity index (χ0n) is 30.2. The molecule has 0 radical (unpaired) electrons. The quantitative estimate of drug-likeness (QED) is 0.177. The fraction of sp³-hybridized carbons (Fsp3) is 0.273. The van der Waals surface area contributed by atoms with Gasteiger partial charge in [0.15, 0.2) is 0 Å². The average molecular weight is 656 g/mol. The van der Waals surface area contributed by atoms with Gasteiger partial charge in [0.25, 0.3) is 0 Å². The lowest BCUT2D eigenvalue weighted by Crippen LogP contribution is -2.41. The predicted molar refractivity (Wildman–Crippen MR) is 208 cm³/mol. The number of hydrogen-bond acceptors (Lipinski definition) is 4. The maximum Gasteiger partial charge on any atom is 0.495 e. The first-order valence-electron chi connectivity index (χ1n) is 17.8. The van der Waals surface area contributed by atoms with E-state index in [9.17, 15) is 0 Å². The van der Waals surface area contributed by atoms with Crippen LogP contribution in [-0.2, 0) is 18.6 Å². The Morgan fingerprint density at radius 1 is 0.400 bits per heavy atom. The zero-order chi connectivity index (χ0) is 34.8. The van der Waals surface area contributed by atoms with Crippen LogP contribution in [0, 0.1) is 0 Å². The number of hydrogen-bond donors (Lipinski definition) is 0. The summed E-state index contributed by atoms with van der Waals surface area (Å²) in [4.78, 5) is 0. The molecule has 1 aliphatic carbocycles. The molecule has 0 aromatic heterocycles. The van der Waals surface area contributed by atoms with Gasteiger partial charge in [0, 0.05) is 0 Å². The van der Waals surface area contributed by atoms with Gasteiger partial charge in [0.05, 0.1) is 22.4 Å². The first-order chi connectivity index (χ1) is 23.8. The third-order valence-electron chi connectivity index (χ3n) is 12.1. The number of rotatable bonds is 4. The van der Waals surface area contributed by atoms with Crippen LogP contribution in [-0.4, -0.2) is 36.6 Å². The van der Waals surface area contributed by atoms with Crippen molar-refractivity contribution in [1.82, 2.24) is 0 Å². The van der Waals surface area contributed by atoms with E-state index in [1.807, 2.05) is 0 Å². The molecule has 4 nitrogen and oxygen atoms in total. The largest absolute Gasteiger partial charge is 0.495 e. The minimum atomic E-state index is -0.468. The molecule has 0 unspecified atom stereocenters. The second-order valence-electron chi connectivity index (χ2n) is 16.1. The molecule has 2 saturated heterocycles. The summed E-state index contributed by atoms with van der Waals surface area (Å²) in [5, 5.41) is 4.78. The smallest absolute Gasteiger partial charge is 0.399 e. The van der Waals surface area contributed by atoms with Gasteiger partial charge in [0.1, 0.15) is 0 Å². The fourth-order valence-corrected chi connectivity index (χ4v) is 8.00. The van der Waals surface area contributed by atoms with Crippen LogP contribution in [0.15, 0.2) is 109 Å². The van der Waals surface area contributed by atoms with Crippen molar-refractivity contribution >= 4 is 46.7 Å². The van der Waals surface area contributed by atoms with E-state index in [-0.39, 0.29) is 0 Å². The van der Waals surface area contributed by atoms with Gasteiger partial charge in [0.2, 0.25) is 0 Å². The van der Waals surface area contributed by atoms with Crippen LogP contribution >= 0.6 is 0 Å². The summed E-state index contributed by atoms with van der Waals surface area (Å²) >= 11 is 0. The highest BCUT2D eigenvalue weighted by molar-refractivity contribution is 6.65. The number of benzene rings is 6. The van der Waals surface area contributed by atoms with Crippen molar-refractivity contribution < 1.29 is 18.6 Å². The Bertz CT molecular complexity index is 2310. The SMILES string of the molecule is CC1(C)OB(c2ccc3c(-c4ccccc4)c4c(c(-c5ccccc5)c3c2)-c2ccc(B3OC(C)(C)C(C)(C)O3)c3cccc-4c23)OC1(C)C. The van der Waals surface area contributed by atoms with E-state index >= 15 is 0 Å². The van der Waals surface area contributed by atoms with Gasteiger partial charge in [-0.1, -0.05) is 109 Å². The van der Waals surface area contributed by atoms with Gasteiger partial charge < -0.3 is 18.6 Å². The third-order valence-corrected chi connectivity index (χ3v) is 12.1. The van der Waals surface area contributed by atoms with E-state index in [0.717, 1.165) is 16.3 Å². The third kappa shape index (κ3) is 4.48. The monoisotopic (exact) mass is 656 g/mol. The topological polar surface area (TPSA) is 36.9 Å². The molecule has 0 saturated carbocycles. The molecule has 6 aromatic rings. The summed E-state index contributed by atoms with van der Waals surface area (Å²) in [5.41, 5.74) is 10.1. The molecule has 3 aliphatic rings. The summed E-state index contributed by atoms with van der Waals surface area (Å²) in [7, 11) is -0.929. The Hall–Kier alpha value is -4.19. The molecule has 9 rings (SSSR count). The Morgan fingerprint density at radius 3 is 1.46 bits per heavy atom. The molecule has 0 amide bonds. The van der Waals surface area contributed by atoms with Crippen molar-refractivity contribution in [2.75, 3.05) is 0 Å². The van der Waals surface area contributed by atoms with Gasteiger partial charge in [-0.15, -0.1) is 0 Å². The minimum absolute atomic E-state index is 0.434. The van der Waals surface area contributed by atoms with Crippen molar-refractivity contribution in [3.8, 4) is 44.5 Å². The highest BCUT2D eigenvalue weighted by atomic mass is 16.7. The summed E-state index contributed by atoms with van der Waals surface area (Å²) in [6.45, 7) is 16.9. The highest BCUT2D eigenvalue weighted by Crippen LogP contribution is 2.57. The van der Waals surface area contributed by atoms with Crippen LogP contribution in [0.3, 0.4) is 0 Å². The lowest BCUT2D eigenvalue weighted by molar-refractivity contribution is 0.00578. The summed E-state index contributed by atoms with van der Waals surface area (Å²) in [5.74, 6) is 0. The van der Waals surface area contributed by atoms with E-state index in [1.54, 1.807) is 0 Å². The standard InChI is InChI=1S/C44H42B2O4/c1-41(2)42(3,4)48-45(47-41)29-22-23-30-34(26-29)37(28-18-13-10-14-19-28)40-33-24-25-35(46-49-43(5,6)44(7,8)50-46)31-20-15-21-32(38(31)33)39(40)36(30)27-16-11-9-12-17-27/h9-26H,1-8H3. The molecule has 0 bridgehead atoms. The second-order valence-corrected chi connectivity index (χ2v) is 16.1. The summed E-state index contributed by atoms with van der Waals surface area (Å²) in [6.07, 6.45) is 0. The van der Waals surface area contributed by atoms with E-state index in [0.29, 0.717) is 0 Å². The zero-order valence-corrected chi connectivity index (χ0v) is 30.2. The van der Waals surface area contributed by atoms with E-state index in [2.05, 4.69) is 165 Å². The van der Waals surface area contributed by atoms with Crippen LogP contribution in [0.1, 0.15) is 55.4 Å². The molecule has 248 valence electrons. The van der Waals surface area contributed by atoms with Crippen molar-refractivity contribution in [1.29, 1.82) is 0 Å². The summed E-state index contributed by atoms with van der Waals surface area (Å²) < 4.78 is 26.4. The normalized spacial score (nSPS) is 19.4. The molecule has 50 heavy (non-hydrogen) atoms. The van der Waals surface area contributed by atoms with Crippen LogP contribution in [0.2, 0.25) is 0 Å². The van der Waals surface area contributed by atoms with Gasteiger partial charge in [-0.05, 0) is 132 Å². The van der Waals surface area contributed by atoms with Crippen LogP contribution in [0.4, 0.5) is 0 Å². The first-order valence-corrected chi connectivity index (χ1v) is 17.8. The minimum Gasteiger partial charge on any atom is -0.399 e. The number of fused-ring (bicyclic) bond motifs is 4. The Labute approximate surface area is 296 Å².